The van der Waals surface area contributed by atoms with E-state index in [1.807, 2.05) is 12.1 Å². The van der Waals surface area contributed by atoms with Gasteiger partial charge in [0, 0.05) is 12.4 Å². The molecule has 0 saturated carbocycles. The van der Waals surface area contributed by atoms with Crippen molar-refractivity contribution in [1.82, 2.24) is 4.98 Å². The lowest BCUT2D eigenvalue weighted by molar-refractivity contribution is 0.304. The van der Waals surface area contributed by atoms with Gasteiger partial charge in [-0.15, -0.1) is 0 Å². The molecular weight excluding hydrogens is 270 g/mol. The van der Waals surface area contributed by atoms with Crippen molar-refractivity contribution >= 4 is 0 Å². The minimum Gasteiger partial charge on any atom is -0.493 e. The van der Waals surface area contributed by atoms with Gasteiger partial charge in [0.15, 0.2) is 0 Å². The lowest BCUT2D eigenvalue weighted by Crippen LogP contribution is -1.97. The highest BCUT2D eigenvalue weighted by Gasteiger charge is 1.95. The Morgan fingerprint density at radius 3 is 1.64 bits per heavy atom. The van der Waals surface area contributed by atoms with E-state index in [4.69, 9.17) is 4.74 Å². The molecule has 0 radical (unpaired) electrons. The minimum atomic E-state index is 0.835. The Bertz CT molecular complexity index is 326. The van der Waals surface area contributed by atoms with Crippen molar-refractivity contribution in [3.8, 4) is 5.75 Å². The van der Waals surface area contributed by atoms with Gasteiger partial charge in [0.2, 0.25) is 0 Å². The van der Waals surface area contributed by atoms with E-state index in [1.54, 1.807) is 12.4 Å². The number of rotatable bonds is 15. The summed E-state index contributed by atoms with van der Waals surface area (Å²) in [6.45, 7) is 3.12. The molecule has 0 aliphatic carbocycles. The predicted octanol–water partition coefficient (Wildman–Crippen LogP) is 6.55. The average molecular weight is 306 g/mol. The Morgan fingerprint density at radius 1 is 0.682 bits per heavy atom. The van der Waals surface area contributed by atoms with E-state index in [0.29, 0.717) is 0 Å². The summed E-state index contributed by atoms with van der Waals surface area (Å²) in [6, 6.07) is 3.84. The van der Waals surface area contributed by atoms with Crippen molar-refractivity contribution in [1.29, 1.82) is 0 Å². The molecule has 0 N–H and O–H groups in total. The van der Waals surface area contributed by atoms with Gasteiger partial charge in [-0.2, -0.15) is 0 Å². The Balaban J connectivity index is 1.73. The van der Waals surface area contributed by atoms with Gasteiger partial charge < -0.3 is 4.74 Å². The van der Waals surface area contributed by atoms with Gasteiger partial charge in [0.25, 0.3) is 0 Å². The van der Waals surface area contributed by atoms with Crippen molar-refractivity contribution in [3.05, 3.63) is 24.5 Å². The third-order valence-electron chi connectivity index (χ3n) is 4.17. The first kappa shape index (κ1) is 19.0. The summed E-state index contributed by atoms with van der Waals surface area (Å²) in [4.78, 5) is 3.98. The highest BCUT2D eigenvalue weighted by Crippen LogP contribution is 2.13. The summed E-state index contributed by atoms with van der Waals surface area (Å²) in [5.41, 5.74) is 0. The van der Waals surface area contributed by atoms with E-state index in [0.717, 1.165) is 12.4 Å². The first-order chi connectivity index (χ1) is 10.9. The molecule has 1 aromatic rings. The Hall–Kier alpha value is -1.05. The first-order valence-electron chi connectivity index (χ1n) is 9.46. The van der Waals surface area contributed by atoms with Gasteiger partial charge in [0.05, 0.1) is 6.61 Å². The quantitative estimate of drug-likeness (QED) is 0.343. The third-order valence-corrected chi connectivity index (χ3v) is 4.17. The molecule has 0 saturated heterocycles. The maximum Gasteiger partial charge on any atom is 0.122 e. The summed E-state index contributed by atoms with van der Waals surface area (Å²) in [7, 11) is 0. The molecule has 1 aromatic heterocycles. The smallest absolute Gasteiger partial charge is 0.122 e. The Kier molecular flexibility index (Phi) is 12.8. The van der Waals surface area contributed by atoms with E-state index < -0.39 is 0 Å². The average Bonchev–Trinajstić information content (AvgIpc) is 2.56. The number of hydrogen-bond acceptors (Lipinski definition) is 2. The molecule has 0 atom stereocenters. The minimum absolute atomic E-state index is 0.835. The molecule has 2 nitrogen and oxygen atoms in total. The second-order valence-electron chi connectivity index (χ2n) is 6.27. The summed E-state index contributed by atoms with van der Waals surface area (Å²) in [5.74, 6) is 0.939. The molecule has 0 bridgehead atoms. The summed E-state index contributed by atoms with van der Waals surface area (Å²) in [5, 5.41) is 0. The van der Waals surface area contributed by atoms with Crippen molar-refractivity contribution < 1.29 is 4.74 Å². The van der Waals surface area contributed by atoms with Crippen LogP contribution in [0.5, 0.6) is 5.75 Å². The van der Waals surface area contributed by atoms with Gasteiger partial charge in [0.1, 0.15) is 5.75 Å². The largest absolute Gasteiger partial charge is 0.493 e. The second-order valence-corrected chi connectivity index (χ2v) is 6.27. The lowest BCUT2D eigenvalue weighted by Gasteiger charge is -2.05. The molecule has 0 unspecified atom stereocenters. The molecular formula is C20H35NO. The fourth-order valence-electron chi connectivity index (χ4n) is 2.74. The zero-order valence-corrected chi connectivity index (χ0v) is 14.6. The zero-order valence-electron chi connectivity index (χ0n) is 14.6. The number of unbranched alkanes of at least 4 members (excludes halogenated alkanes) is 12. The number of pyridine rings is 1. The van der Waals surface area contributed by atoms with Crippen molar-refractivity contribution in [2.75, 3.05) is 6.61 Å². The van der Waals surface area contributed by atoms with Crippen LogP contribution in [0.15, 0.2) is 24.5 Å². The molecule has 0 aromatic carbocycles. The lowest BCUT2D eigenvalue weighted by atomic mass is 10.0. The van der Waals surface area contributed by atoms with Crippen LogP contribution in [0.1, 0.15) is 90.4 Å². The molecule has 126 valence electrons. The summed E-state index contributed by atoms with van der Waals surface area (Å²) < 4.78 is 5.67. The monoisotopic (exact) mass is 305 g/mol. The number of hydrogen-bond donors (Lipinski definition) is 0. The van der Waals surface area contributed by atoms with Crippen molar-refractivity contribution in [2.24, 2.45) is 0 Å². The van der Waals surface area contributed by atoms with Gasteiger partial charge in [-0.1, -0.05) is 84.0 Å². The van der Waals surface area contributed by atoms with Gasteiger partial charge in [-0.05, 0) is 18.6 Å². The number of nitrogens with zero attached hydrogens (tertiary/aromatic N) is 1. The molecule has 0 spiro atoms. The first-order valence-corrected chi connectivity index (χ1v) is 9.46. The third kappa shape index (κ3) is 11.6. The predicted molar refractivity (Wildman–Crippen MR) is 95.4 cm³/mol. The molecule has 22 heavy (non-hydrogen) atoms. The highest BCUT2D eigenvalue weighted by atomic mass is 16.5. The second kappa shape index (κ2) is 14.9. The molecule has 1 heterocycles. The summed E-state index contributed by atoms with van der Waals surface area (Å²) >= 11 is 0. The van der Waals surface area contributed by atoms with Crippen molar-refractivity contribution in [3.63, 3.8) is 0 Å². The normalized spacial score (nSPS) is 10.8. The maximum absolute atomic E-state index is 5.67. The van der Waals surface area contributed by atoms with Crippen LogP contribution in [-0.4, -0.2) is 11.6 Å². The van der Waals surface area contributed by atoms with E-state index >= 15 is 0 Å². The van der Waals surface area contributed by atoms with Crippen LogP contribution in [0.25, 0.3) is 0 Å². The van der Waals surface area contributed by atoms with Crippen LogP contribution in [0.4, 0.5) is 0 Å². The Morgan fingerprint density at radius 2 is 1.14 bits per heavy atom. The fourth-order valence-corrected chi connectivity index (χ4v) is 2.74. The number of aromatic nitrogens is 1. The van der Waals surface area contributed by atoms with E-state index in [-0.39, 0.29) is 0 Å². The van der Waals surface area contributed by atoms with E-state index in [2.05, 4.69) is 11.9 Å². The van der Waals surface area contributed by atoms with Gasteiger partial charge in [-0.25, -0.2) is 0 Å². The number of ether oxygens (including phenoxy) is 1. The standard InChI is InChI=1S/C20H35NO/c1-2-3-4-5-6-7-8-9-10-11-12-13-14-19-22-20-15-17-21-18-16-20/h15-18H,2-14,19H2,1H3. The Labute approximate surface area is 137 Å². The zero-order chi connectivity index (χ0) is 15.7. The molecule has 0 aliphatic heterocycles. The maximum atomic E-state index is 5.67. The fraction of sp³-hybridized carbons (Fsp3) is 0.750. The molecule has 1 rings (SSSR count). The van der Waals surface area contributed by atoms with E-state index in [1.165, 1.54) is 83.5 Å². The molecule has 0 aliphatic rings. The molecule has 0 fully saturated rings. The highest BCUT2D eigenvalue weighted by molar-refractivity contribution is 5.16. The van der Waals surface area contributed by atoms with Crippen LogP contribution >= 0.6 is 0 Å². The SMILES string of the molecule is CCCCCCCCCCCCCCCOc1ccncc1. The van der Waals surface area contributed by atoms with Crippen LogP contribution in [0.3, 0.4) is 0 Å². The van der Waals surface area contributed by atoms with Crippen LogP contribution in [-0.2, 0) is 0 Å². The van der Waals surface area contributed by atoms with Crippen molar-refractivity contribution in [2.45, 2.75) is 90.4 Å². The van der Waals surface area contributed by atoms with Crippen LogP contribution in [0, 0.1) is 0 Å². The molecule has 0 amide bonds. The van der Waals surface area contributed by atoms with Crippen LogP contribution in [0.2, 0.25) is 0 Å². The van der Waals surface area contributed by atoms with Gasteiger partial charge >= 0.3 is 0 Å². The summed E-state index contributed by atoms with van der Waals surface area (Å²) in [6.07, 6.45) is 21.6. The topological polar surface area (TPSA) is 22.1 Å². The molecule has 2 heteroatoms. The van der Waals surface area contributed by atoms with Gasteiger partial charge in [-0.3, -0.25) is 4.98 Å². The van der Waals surface area contributed by atoms with E-state index in [9.17, 15) is 0 Å². The van der Waals surface area contributed by atoms with Crippen LogP contribution < -0.4 is 4.74 Å².